The van der Waals surface area contributed by atoms with E-state index in [2.05, 4.69) is 6.92 Å². The standard InChI is InChI=1S/C15H22FNO/c1-15(8-4-5-9-15)14(18)12(10-17)11-6-2-3-7-13(11)16/h2-3,6-7,12,14,18H,4-5,8-10,17H2,1H3. The molecule has 0 spiro atoms. The number of hydrogen-bond acceptors (Lipinski definition) is 2. The van der Waals surface area contributed by atoms with Crippen molar-refractivity contribution >= 4 is 0 Å². The van der Waals surface area contributed by atoms with Crippen LogP contribution in [-0.4, -0.2) is 17.8 Å². The Morgan fingerprint density at radius 1 is 1.33 bits per heavy atom. The summed E-state index contributed by atoms with van der Waals surface area (Å²) < 4.78 is 13.8. The zero-order valence-corrected chi connectivity index (χ0v) is 10.9. The first kappa shape index (κ1) is 13.5. The van der Waals surface area contributed by atoms with E-state index in [-0.39, 0.29) is 23.7 Å². The molecule has 2 rings (SSSR count). The molecule has 0 aliphatic heterocycles. The molecule has 0 amide bonds. The van der Waals surface area contributed by atoms with Crippen LogP contribution < -0.4 is 5.73 Å². The second-order valence-electron chi connectivity index (χ2n) is 5.67. The normalized spacial score (nSPS) is 21.8. The zero-order valence-electron chi connectivity index (χ0n) is 10.9. The van der Waals surface area contributed by atoms with Gasteiger partial charge in [0.1, 0.15) is 5.82 Å². The number of benzene rings is 1. The van der Waals surface area contributed by atoms with Crippen molar-refractivity contribution < 1.29 is 9.50 Å². The smallest absolute Gasteiger partial charge is 0.126 e. The molecule has 3 heteroatoms. The van der Waals surface area contributed by atoms with Gasteiger partial charge < -0.3 is 10.8 Å². The first-order chi connectivity index (χ1) is 8.58. The van der Waals surface area contributed by atoms with E-state index in [4.69, 9.17) is 5.73 Å². The first-order valence-electron chi connectivity index (χ1n) is 6.71. The molecule has 2 unspecified atom stereocenters. The number of hydrogen-bond donors (Lipinski definition) is 2. The molecule has 1 aliphatic rings. The molecule has 2 atom stereocenters. The predicted octanol–water partition coefficient (Wildman–Crippen LogP) is 2.81. The summed E-state index contributed by atoms with van der Waals surface area (Å²) in [6.07, 6.45) is 3.71. The highest BCUT2D eigenvalue weighted by atomic mass is 19.1. The maximum atomic E-state index is 13.8. The molecule has 18 heavy (non-hydrogen) atoms. The fourth-order valence-corrected chi connectivity index (χ4v) is 3.17. The van der Waals surface area contributed by atoms with Gasteiger partial charge in [-0.3, -0.25) is 0 Å². The van der Waals surface area contributed by atoms with Crippen molar-refractivity contribution in [3.8, 4) is 0 Å². The molecule has 2 nitrogen and oxygen atoms in total. The van der Waals surface area contributed by atoms with Crippen molar-refractivity contribution in [3.05, 3.63) is 35.6 Å². The third kappa shape index (κ3) is 2.43. The minimum absolute atomic E-state index is 0.119. The van der Waals surface area contributed by atoms with E-state index in [1.807, 2.05) is 0 Å². The molecule has 0 aromatic heterocycles. The van der Waals surface area contributed by atoms with Crippen molar-refractivity contribution in [2.75, 3.05) is 6.54 Å². The molecule has 0 bridgehead atoms. The second kappa shape index (κ2) is 5.37. The summed E-state index contributed by atoms with van der Waals surface area (Å²) in [6.45, 7) is 2.37. The highest BCUT2D eigenvalue weighted by molar-refractivity contribution is 5.24. The van der Waals surface area contributed by atoms with Crippen LogP contribution in [0.3, 0.4) is 0 Å². The van der Waals surface area contributed by atoms with Crippen LogP contribution in [0.25, 0.3) is 0 Å². The largest absolute Gasteiger partial charge is 0.392 e. The van der Waals surface area contributed by atoms with Crippen molar-refractivity contribution in [1.82, 2.24) is 0 Å². The molecular formula is C15H22FNO. The van der Waals surface area contributed by atoms with Crippen LogP contribution in [0.5, 0.6) is 0 Å². The molecular weight excluding hydrogens is 229 g/mol. The lowest BCUT2D eigenvalue weighted by Gasteiger charge is -2.35. The van der Waals surface area contributed by atoms with E-state index in [1.165, 1.54) is 6.07 Å². The topological polar surface area (TPSA) is 46.2 Å². The van der Waals surface area contributed by atoms with E-state index >= 15 is 0 Å². The maximum absolute atomic E-state index is 13.8. The van der Waals surface area contributed by atoms with Gasteiger partial charge in [0.25, 0.3) is 0 Å². The van der Waals surface area contributed by atoms with Crippen LogP contribution in [0.4, 0.5) is 4.39 Å². The molecule has 1 saturated carbocycles. The van der Waals surface area contributed by atoms with Gasteiger partial charge in [-0.1, -0.05) is 38.0 Å². The zero-order chi connectivity index (χ0) is 13.2. The monoisotopic (exact) mass is 251 g/mol. The van der Waals surface area contributed by atoms with E-state index < -0.39 is 6.10 Å². The van der Waals surface area contributed by atoms with Crippen LogP contribution in [0.1, 0.15) is 44.1 Å². The third-order valence-electron chi connectivity index (χ3n) is 4.40. The molecule has 0 saturated heterocycles. The molecule has 100 valence electrons. The van der Waals surface area contributed by atoms with Crippen molar-refractivity contribution in [1.29, 1.82) is 0 Å². The lowest BCUT2D eigenvalue weighted by molar-refractivity contribution is 0.0204. The lowest BCUT2D eigenvalue weighted by Crippen LogP contribution is -2.38. The van der Waals surface area contributed by atoms with Gasteiger partial charge in [-0.15, -0.1) is 0 Å². The van der Waals surface area contributed by atoms with Crippen molar-refractivity contribution in [2.45, 2.75) is 44.6 Å². The average molecular weight is 251 g/mol. The third-order valence-corrected chi connectivity index (χ3v) is 4.40. The van der Waals surface area contributed by atoms with Crippen LogP contribution in [0, 0.1) is 11.2 Å². The van der Waals surface area contributed by atoms with Crippen molar-refractivity contribution in [3.63, 3.8) is 0 Å². The number of aliphatic hydroxyl groups excluding tert-OH is 1. The Morgan fingerprint density at radius 2 is 1.94 bits per heavy atom. The SMILES string of the molecule is CC1(C(O)C(CN)c2ccccc2F)CCCC1. The van der Waals surface area contributed by atoms with Crippen LogP contribution in [-0.2, 0) is 0 Å². The Labute approximate surface area is 108 Å². The highest BCUT2D eigenvalue weighted by Gasteiger charge is 2.40. The van der Waals surface area contributed by atoms with Gasteiger partial charge in [-0.25, -0.2) is 4.39 Å². The minimum atomic E-state index is -0.568. The highest BCUT2D eigenvalue weighted by Crippen LogP contribution is 2.45. The molecule has 3 N–H and O–H groups in total. The van der Waals surface area contributed by atoms with Crippen LogP contribution >= 0.6 is 0 Å². The lowest BCUT2D eigenvalue weighted by atomic mass is 9.74. The van der Waals surface area contributed by atoms with E-state index in [9.17, 15) is 9.50 Å². The van der Waals surface area contributed by atoms with E-state index in [0.29, 0.717) is 5.56 Å². The van der Waals surface area contributed by atoms with Crippen LogP contribution in [0.15, 0.2) is 24.3 Å². The Bertz CT molecular complexity index is 401. The summed E-state index contributed by atoms with van der Waals surface area (Å²) >= 11 is 0. The minimum Gasteiger partial charge on any atom is -0.392 e. The number of rotatable bonds is 4. The molecule has 1 aromatic carbocycles. The molecule has 1 fully saturated rings. The Balaban J connectivity index is 2.26. The van der Waals surface area contributed by atoms with Gasteiger partial charge in [0.2, 0.25) is 0 Å². The van der Waals surface area contributed by atoms with Gasteiger partial charge in [0.15, 0.2) is 0 Å². The average Bonchev–Trinajstić information content (AvgIpc) is 2.81. The maximum Gasteiger partial charge on any atom is 0.126 e. The van der Waals surface area contributed by atoms with Gasteiger partial charge in [0.05, 0.1) is 6.10 Å². The fraction of sp³-hybridized carbons (Fsp3) is 0.600. The second-order valence-corrected chi connectivity index (χ2v) is 5.67. The number of nitrogens with two attached hydrogens (primary N) is 1. The molecule has 0 radical (unpaired) electrons. The Morgan fingerprint density at radius 3 is 2.50 bits per heavy atom. The number of halogens is 1. The summed E-state index contributed by atoms with van der Waals surface area (Å²) in [5.74, 6) is -0.581. The summed E-state index contributed by atoms with van der Waals surface area (Å²) in [7, 11) is 0. The quantitative estimate of drug-likeness (QED) is 0.864. The fourth-order valence-electron chi connectivity index (χ4n) is 3.17. The first-order valence-corrected chi connectivity index (χ1v) is 6.71. The predicted molar refractivity (Wildman–Crippen MR) is 70.8 cm³/mol. The van der Waals surface area contributed by atoms with Crippen LogP contribution in [0.2, 0.25) is 0 Å². The van der Waals surface area contributed by atoms with Gasteiger partial charge in [0, 0.05) is 12.5 Å². The Kier molecular flexibility index (Phi) is 4.03. The Hall–Kier alpha value is -0.930. The summed E-state index contributed by atoms with van der Waals surface area (Å²) in [5, 5.41) is 10.6. The molecule has 1 aromatic rings. The van der Waals surface area contributed by atoms with Gasteiger partial charge in [-0.05, 0) is 29.9 Å². The van der Waals surface area contributed by atoms with Gasteiger partial charge in [-0.2, -0.15) is 0 Å². The van der Waals surface area contributed by atoms with E-state index in [0.717, 1.165) is 25.7 Å². The molecule has 1 aliphatic carbocycles. The van der Waals surface area contributed by atoms with Crippen molar-refractivity contribution in [2.24, 2.45) is 11.1 Å². The number of aliphatic hydroxyl groups is 1. The summed E-state index contributed by atoms with van der Waals surface area (Å²) in [4.78, 5) is 0. The summed E-state index contributed by atoms with van der Waals surface area (Å²) in [6, 6.07) is 6.62. The van der Waals surface area contributed by atoms with E-state index in [1.54, 1.807) is 18.2 Å². The van der Waals surface area contributed by atoms with Gasteiger partial charge >= 0.3 is 0 Å². The summed E-state index contributed by atoms with van der Waals surface area (Å²) in [5.41, 5.74) is 6.20. The molecule has 0 heterocycles.